The normalized spacial score (nSPS) is 12.8. The van der Waals surface area contributed by atoms with Gasteiger partial charge in [-0.05, 0) is 42.3 Å². The van der Waals surface area contributed by atoms with Crippen LogP contribution in [0.1, 0.15) is 27.1 Å². The Morgan fingerprint density at radius 1 is 0.757 bits per heavy atom. The fourth-order valence-electron chi connectivity index (χ4n) is 4.83. The maximum absolute atomic E-state index is 12.8. The van der Waals surface area contributed by atoms with Crippen LogP contribution in [0.4, 0.5) is 0 Å². The summed E-state index contributed by atoms with van der Waals surface area (Å²) in [6, 6.07) is 26.9. The van der Waals surface area contributed by atoms with Gasteiger partial charge in [-0.2, -0.15) is 0 Å². The number of carbonyl (C=O) groups is 2. The summed E-state index contributed by atoms with van der Waals surface area (Å²) in [6.45, 7) is 0.867. The predicted octanol–water partition coefficient (Wildman–Crippen LogP) is 5.46. The summed E-state index contributed by atoms with van der Waals surface area (Å²) in [5, 5.41) is 0. The number of imide groups is 1. The number of hydrogen-bond acceptors (Lipinski definition) is 5. The van der Waals surface area contributed by atoms with Crippen molar-refractivity contribution in [3.8, 4) is 28.3 Å². The fraction of sp³-hybridized carbons (Fsp3) is 0.133. The van der Waals surface area contributed by atoms with Crippen molar-refractivity contribution in [3.63, 3.8) is 0 Å². The maximum atomic E-state index is 12.8. The Balaban J connectivity index is 1.35. The Bertz CT molecular complexity index is 1610. The van der Waals surface area contributed by atoms with Gasteiger partial charge in [0, 0.05) is 30.4 Å². The molecule has 0 bridgehead atoms. The first-order valence-corrected chi connectivity index (χ1v) is 12.2. The number of carbonyl (C=O) groups excluding carboxylic acids is 2. The fourth-order valence-corrected chi connectivity index (χ4v) is 4.83. The molecule has 182 valence electrons. The van der Waals surface area contributed by atoms with E-state index in [1.54, 1.807) is 31.4 Å². The van der Waals surface area contributed by atoms with E-state index in [0.717, 1.165) is 33.8 Å². The minimum atomic E-state index is -0.239. The highest BCUT2D eigenvalue weighted by atomic mass is 16.5. The number of amides is 2. The lowest BCUT2D eigenvalue weighted by Gasteiger charge is -2.15. The number of aryl methyl sites for hydroxylation is 1. The molecule has 2 aromatic heterocycles. The van der Waals surface area contributed by atoms with E-state index in [-0.39, 0.29) is 11.8 Å². The average molecular weight is 489 g/mol. The highest BCUT2D eigenvalue weighted by Gasteiger charge is 2.34. The molecule has 3 heterocycles. The molecule has 0 saturated carbocycles. The van der Waals surface area contributed by atoms with Crippen LogP contribution in [-0.4, -0.2) is 44.9 Å². The molecule has 3 aromatic carbocycles. The molecule has 0 spiro atoms. The topological polar surface area (TPSA) is 77.3 Å². The molecule has 7 nitrogen and oxygen atoms in total. The second-order valence-electron chi connectivity index (χ2n) is 8.91. The van der Waals surface area contributed by atoms with Crippen molar-refractivity contribution in [2.24, 2.45) is 0 Å². The van der Waals surface area contributed by atoms with Gasteiger partial charge < -0.3 is 9.30 Å². The number of benzene rings is 3. The van der Waals surface area contributed by atoms with Gasteiger partial charge in [-0.1, -0.05) is 54.6 Å². The molecule has 1 aliphatic heterocycles. The highest BCUT2D eigenvalue weighted by Crippen LogP contribution is 2.30. The summed E-state index contributed by atoms with van der Waals surface area (Å²) >= 11 is 0. The molecule has 2 amide bonds. The molecule has 0 atom stereocenters. The van der Waals surface area contributed by atoms with Crippen LogP contribution in [0, 0.1) is 0 Å². The Morgan fingerprint density at radius 2 is 1.46 bits per heavy atom. The molecule has 7 heteroatoms. The summed E-state index contributed by atoms with van der Waals surface area (Å²) in [5.41, 5.74) is 5.42. The molecule has 0 saturated heterocycles. The third-order valence-electron chi connectivity index (χ3n) is 6.68. The summed E-state index contributed by atoms with van der Waals surface area (Å²) in [7, 11) is 1.64. The van der Waals surface area contributed by atoms with Gasteiger partial charge in [0.15, 0.2) is 5.65 Å². The van der Waals surface area contributed by atoms with Gasteiger partial charge in [0.25, 0.3) is 11.8 Å². The van der Waals surface area contributed by atoms with Gasteiger partial charge in [0.2, 0.25) is 0 Å². The lowest BCUT2D eigenvalue weighted by molar-refractivity contribution is 0.0651. The molecule has 0 fully saturated rings. The van der Waals surface area contributed by atoms with Crippen molar-refractivity contribution in [3.05, 3.63) is 102 Å². The van der Waals surface area contributed by atoms with Crippen LogP contribution in [0.15, 0.2) is 91.1 Å². The van der Waals surface area contributed by atoms with Gasteiger partial charge in [0.05, 0.1) is 23.8 Å². The smallest absolute Gasteiger partial charge is 0.261 e. The van der Waals surface area contributed by atoms with Crippen molar-refractivity contribution >= 4 is 23.0 Å². The number of ether oxygens (including phenoxy) is 1. The van der Waals surface area contributed by atoms with Gasteiger partial charge in [0.1, 0.15) is 11.6 Å². The molecule has 5 aromatic rings. The zero-order valence-corrected chi connectivity index (χ0v) is 20.3. The van der Waals surface area contributed by atoms with Crippen LogP contribution in [0.5, 0.6) is 5.75 Å². The summed E-state index contributed by atoms with van der Waals surface area (Å²) in [6.07, 6.45) is 2.41. The minimum absolute atomic E-state index is 0.239. The number of aromatic nitrogens is 3. The van der Waals surface area contributed by atoms with Crippen LogP contribution in [0.3, 0.4) is 0 Å². The largest absolute Gasteiger partial charge is 0.497 e. The number of methoxy groups -OCH3 is 1. The quantitative estimate of drug-likeness (QED) is 0.284. The lowest BCUT2D eigenvalue weighted by atomic mass is 10.1. The average Bonchev–Trinajstić information content (AvgIpc) is 3.44. The van der Waals surface area contributed by atoms with Crippen LogP contribution < -0.4 is 4.74 Å². The SMILES string of the molecule is COc1cccc(-c2nc3ncc(-c4ccccc4)cc3n2CCCN2C(=O)c3ccccc3C2=O)c1. The van der Waals surface area contributed by atoms with E-state index in [1.165, 1.54) is 4.90 Å². The Kier molecular flexibility index (Phi) is 5.73. The van der Waals surface area contributed by atoms with Gasteiger partial charge in [-0.3, -0.25) is 14.5 Å². The molecule has 37 heavy (non-hydrogen) atoms. The standard InChI is InChI=1S/C30H24N4O3/c1-37-23-12-7-11-21(17-23)28-32-27-26(18-22(19-31-27)20-9-3-2-4-10-20)33(28)15-8-16-34-29(35)24-13-5-6-14-25(24)30(34)36/h2-7,9-14,17-19H,8,15-16H2,1H3. The molecule has 0 radical (unpaired) electrons. The minimum Gasteiger partial charge on any atom is -0.497 e. The van der Waals surface area contributed by atoms with E-state index < -0.39 is 0 Å². The second-order valence-corrected chi connectivity index (χ2v) is 8.91. The van der Waals surface area contributed by atoms with E-state index in [4.69, 9.17) is 9.72 Å². The third kappa shape index (κ3) is 4.04. The molecule has 0 N–H and O–H groups in total. The molecule has 6 rings (SSSR count). The third-order valence-corrected chi connectivity index (χ3v) is 6.68. The van der Waals surface area contributed by atoms with Crippen LogP contribution in [-0.2, 0) is 6.54 Å². The molecule has 1 aliphatic rings. The van der Waals surface area contributed by atoms with E-state index in [1.807, 2.05) is 48.7 Å². The maximum Gasteiger partial charge on any atom is 0.261 e. The molecular formula is C30H24N4O3. The van der Waals surface area contributed by atoms with E-state index in [0.29, 0.717) is 36.3 Å². The van der Waals surface area contributed by atoms with Crippen molar-refractivity contribution in [1.29, 1.82) is 0 Å². The predicted molar refractivity (Wildman–Crippen MR) is 141 cm³/mol. The summed E-state index contributed by atoms with van der Waals surface area (Å²) < 4.78 is 7.55. The number of imidazole rings is 1. The van der Waals surface area contributed by atoms with Crippen LogP contribution >= 0.6 is 0 Å². The lowest BCUT2D eigenvalue weighted by Crippen LogP contribution is -2.31. The van der Waals surface area contributed by atoms with Crippen molar-refractivity contribution in [2.45, 2.75) is 13.0 Å². The Hall–Kier alpha value is -4.78. The van der Waals surface area contributed by atoms with E-state index in [9.17, 15) is 9.59 Å². The first-order valence-electron chi connectivity index (χ1n) is 12.2. The first kappa shape index (κ1) is 22.7. The monoisotopic (exact) mass is 488 g/mol. The molecule has 0 unspecified atom stereocenters. The first-order chi connectivity index (χ1) is 18.1. The zero-order valence-electron chi connectivity index (χ0n) is 20.3. The van der Waals surface area contributed by atoms with Gasteiger partial charge in [-0.25, -0.2) is 9.97 Å². The Labute approximate surface area is 214 Å². The molecular weight excluding hydrogens is 464 g/mol. The van der Waals surface area contributed by atoms with Gasteiger partial charge >= 0.3 is 0 Å². The zero-order chi connectivity index (χ0) is 25.4. The second kappa shape index (κ2) is 9.35. The van der Waals surface area contributed by atoms with Crippen LogP contribution in [0.2, 0.25) is 0 Å². The van der Waals surface area contributed by atoms with E-state index >= 15 is 0 Å². The summed E-state index contributed by atoms with van der Waals surface area (Å²) in [4.78, 5) is 36.5. The van der Waals surface area contributed by atoms with Gasteiger partial charge in [-0.15, -0.1) is 0 Å². The highest BCUT2D eigenvalue weighted by molar-refractivity contribution is 6.21. The number of hydrogen-bond donors (Lipinski definition) is 0. The van der Waals surface area contributed by atoms with Crippen molar-refractivity contribution in [1.82, 2.24) is 19.4 Å². The number of fused-ring (bicyclic) bond motifs is 2. The van der Waals surface area contributed by atoms with Crippen molar-refractivity contribution in [2.75, 3.05) is 13.7 Å². The molecule has 0 aliphatic carbocycles. The summed E-state index contributed by atoms with van der Waals surface area (Å²) in [5.74, 6) is 1.02. The Morgan fingerprint density at radius 3 is 2.19 bits per heavy atom. The number of pyridine rings is 1. The number of nitrogens with zero attached hydrogens (tertiary/aromatic N) is 4. The van der Waals surface area contributed by atoms with Crippen molar-refractivity contribution < 1.29 is 14.3 Å². The van der Waals surface area contributed by atoms with Crippen LogP contribution in [0.25, 0.3) is 33.7 Å². The number of rotatable bonds is 7. The van der Waals surface area contributed by atoms with E-state index in [2.05, 4.69) is 27.8 Å².